The smallest absolute Gasteiger partial charge is 0.246 e. The molecule has 0 aromatic heterocycles. The summed E-state index contributed by atoms with van der Waals surface area (Å²) in [6.07, 6.45) is 0.601. The zero-order valence-corrected chi connectivity index (χ0v) is 15.4. The number of carbonyl (C=O) groups excluding carboxylic acids is 1. The first kappa shape index (κ1) is 19.1. The van der Waals surface area contributed by atoms with Crippen LogP contribution in [-0.4, -0.2) is 32.7 Å². The predicted molar refractivity (Wildman–Crippen MR) is 100 cm³/mol. The van der Waals surface area contributed by atoms with Crippen LogP contribution in [0.5, 0.6) is 0 Å². The van der Waals surface area contributed by atoms with Crippen LogP contribution < -0.4 is 14.9 Å². The summed E-state index contributed by atoms with van der Waals surface area (Å²) in [5.41, 5.74) is 1.36. The number of hydrogen-bond donors (Lipinski definition) is 2. The summed E-state index contributed by atoms with van der Waals surface area (Å²) < 4.78 is 51.4. The van der Waals surface area contributed by atoms with Crippen molar-refractivity contribution >= 4 is 33.0 Å². The highest BCUT2D eigenvalue weighted by Gasteiger charge is 2.28. The van der Waals surface area contributed by atoms with Crippen LogP contribution in [0.15, 0.2) is 42.5 Å². The lowest BCUT2D eigenvalue weighted by Crippen LogP contribution is -2.32. The molecule has 2 aromatic carbocycles. The van der Waals surface area contributed by atoms with E-state index in [-0.39, 0.29) is 11.4 Å². The molecule has 0 spiro atoms. The summed E-state index contributed by atoms with van der Waals surface area (Å²) in [6.45, 7) is 2.08. The molecular weight excluding hydrogens is 376 g/mol. The molecule has 1 saturated heterocycles. The Hall–Kier alpha value is -2.68. The molecule has 0 radical (unpaired) electrons. The molecule has 1 aliphatic heterocycles. The number of benzene rings is 2. The Kier molecular flexibility index (Phi) is 5.31. The lowest BCUT2D eigenvalue weighted by Gasteiger charge is -2.19. The van der Waals surface area contributed by atoms with Crippen molar-refractivity contribution < 1.29 is 22.0 Å². The van der Waals surface area contributed by atoms with Gasteiger partial charge in [0.1, 0.15) is 6.04 Å². The number of carbonyl (C=O) groups is 1. The lowest BCUT2D eigenvalue weighted by atomic mass is 10.2. The first-order valence-electron chi connectivity index (χ1n) is 8.39. The van der Waals surface area contributed by atoms with E-state index in [9.17, 15) is 22.0 Å². The maximum atomic E-state index is 13.2. The third kappa shape index (κ3) is 4.36. The molecule has 2 N–H and O–H groups in total. The van der Waals surface area contributed by atoms with Crippen LogP contribution in [0.1, 0.15) is 13.3 Å². The summed E-state index contributed by atoms with van der Waals surface area (Å²) in [4.78, 5) is 12.2. The van der Waals surface area contributed by atoms with Gasteiger partial charge in [-0.05, 0) is 49.7 Å². The van der Waals surface area contributed by atoms with E-state index in [1.165, 1.54) is 10.4 Å². The Morgan fingerprint density at radius 1 is 1.07 bits per heavy atom. The molecule has 1 heterocycles. The molecule has 1 aliphatic rings. The Bertz CT molecular complexity index is 949. The average molecular weight is 395 g/mol. The van der Waals surface area contributed by atoms with Crippen molar-refractivity contribution in [1.29, 1.82) is 0 Å². The molecule has 1 atom stereocenters. The van der Waals surface area contributed by atoms with E-state index in [1.54, 1.807) is 31.2 Å². The van der Waals surface area contributed by atoms with E-state index in [2.05, 4.69) is 10.6 Å². The second kappa shape index (κ2) is 7.51. The second-order valence-corrected chi connectivity index (χ2v) is 8.29. The Labute approximate surface area is 156 Å². The van der Waals surface area contributed by atoms with Gasteiger partial charge >= 0.3 is 0 Å². The highest BCUT2D eigenvalue weighted by molar-refractivity contribution is 7.93. The molecule has 2 aromatic rings. The SMILES string of the molecule is CC(Nc1ccc(N2CCCS2(=O)=O)cc1)C(=O)Nc1ccc(F)c(F)c1. The topological polar surface area (TPSA) is 78.5 Å². The van der Waals surface area contributed by atoms with Crippen LogP contribution in [0, 0.1) is 11.6 Å². The maximum Gasteiger partial charge on any atom is 0.246 e. The van der Waals surface area contributed by atoms with Crippen molar-refractivity contribution in [2.45, 2.75) is 19.4 Å². The molecule has 1 fully saturated rings. The van der Waals surface area contributed by atoms with Crippen molar-refractivity contribution in [3.8, 4) is 0 Å². The van der Waals surface area contributed by atoms with E-state index in [4.69, 9.17) is 0 Å². The van der Waals surface area contributed by atoms with Crippen LogP contribution in [0.25, 0.3) is 0 Å². The second-order valence-electron chi connectivity index (χ2n) is 6.27. The number of anilines is 3. The Morgan fingerprint density at radius 2 is 1.74 bits per heavy atom. The van der Waals surface area contributed by atoms with Gasteiger partial charge in [-0.1, -0.05) is 0 Å². The van der Waals surface area contributed by atoms with Gasteiger partial charge in [0.05, 0.1) is 11.4 Å². The molecule has 1 unspecified atom stereocenters. The van der Waals surface area contributed by atoms with Gasteiger partial charge in [0, 0.05) is 24.0 Å². The quantitative estimate of drug-likeness (QED) is 0.816. The van der Waals surface area contributed by atoms with Gasteiger partial charge in [0.2, 0.25) is 15.9 Å². The first-order chi connectivity index (χ1) is 12.8. The molecule has 144 valence electrons. The number of nitrogens with zero attached hydrogens (tertiary/aromatic N) is 1. The first-order valence-corrected chi connectivity index (χ1v) is 10.00. The normalized spacial score (nSPS) is 16.8. The van der Waals surface area contributed by atoms with Crippen LogP contribution in [0.2, 0.25) is 0 Å². The summed E-state index contributed by atoms with van der Waals surface area (Å²) in [6, 6.07) is 9.18. The van der Waals surface area contributed by atoms with Crippen molar-refractivity contribution in [1.82, 2.24) is 0 Å². The Balaban J connectivity index is 1.62. The third-order valence-electron chi connectivity index (χ3n) is 4.22. The Morgan fingerprint density at radius 3 is 2.33 bits per heavy atom. The molecule has 0 aliphatic carbocycles. The zero-order valence-electron chi connectivity index (χ0n) is 14.6. The summed E-state index contributed by atoms with van der Waals surface area (Å²) in [5.74, 6) is -2.30. The summed E-state index contributed by atoms with van der Waals surface area (Å²) in [5, 5.41) is 5.48. The van der Waals surface area contributed by atoms with Gasteiger partial charge in [-0.15, -0.1) is 0 Å². The van der Waals surface area contributed by atoms with Gasteiger partial charge in [0.25, 0.3) is 0 Å². The molecular formula is C18H19F2N3O3S. The fraction of sp³-hybridized carbons (Fsp3) is 0.278. The minimum atomic E-state index is -3.24. The van der Waals surface area contributed by atoms with E-state index in [0.29, 0.717) is 24.3 Å². The van der Waals surface area contributed by atoms with E-state index in [1.807, 2.05) is 0 Å². The fourth-order valence-corrected chi connectivity index (χ4v) is 4.36. The number of halogens is 2. The standard InChI is InChI=1S/C18H19F2N3O3S/c1-12(18(24)22-14-5-8-16(19)17(20)11-14)21-13-3-6-15(7-4-13)23-9-2-10-27(23,25)26/h3-8,11-12,21H,2,9-10H2,1H3,(H,22,24). The number of hydrogen-bond acceptors (Lipinski definition) is 4. The number of sulfonamides is 1. The molecule has 9 heteroatoms. The fourth-order valence-electron chi connectivity index (χ4n) is 2.79. The number of nitrogens with one attached hydrogen (secondary N) is 2. The van der Waals surface area contributed by atoms with Gasteiger partial charge in [-0.2, -0.15) is 0 Å². The minimum Gasteiger partial charge on any atom is -0.374 e. The largest absolute Gasteiger partial charge is 0.374 e. The lowest BCUT2D eigenvalue weighted by molar-refractivity contribution is -0.116. The van der Waals surface area contributed by atoms with Crippen molar-refractivity contribution in [3.63, 3.8) is 0 Å². The zero-order chi connectivity index (χ0) is 19.6. The monoisotopic (exact) mass is 395 g/mol. The molecule has 3 rings (SSSR count). The van der Waals surface area contributed by atoms with Gasteiger partial charge in [0.15, 0.2) is 11.6 Å². The summed E-state index contributed by atoms with van der Waals surface area (Å²) >= 11 is 0. The molecule has 1 amide bonds. The van der Waals surface area contributed by atoms with Crippen LogP contribution in [0.3, 0.4) is 0 Å². The molecule has 0 saturated carbocycles. The number of rotatable bonds is 5. The minimum absolute atomic E-state index is 0.147. The van der Waals surface area contributed by atoms with Crippen LogP contribution >= 0.6 is 0 Å². The van der Waals surface area contributed by atoms with Gasteiger partial charge < -0.3 is 10.6 Å². The summed E-state index contributed by atoms with van der Waals surface area (Å²) in [7, 11) is -3.24. The van der Waals surface area contributed by atoms with Gasteiger partial charge in [-0.25, -0.2) is 17.2 Å². The van der Waals surface area contributed by atoms with Crippen molar-refractivity contribution in [2.24, 2.45) is 0 Å². The number of amides is 1. The van der Waals surface area contributed by atoms with Crippen LogP contribution in [-0.2, 0) is 14.8 Å². The molecule has 0 bridgehead atoms. The van der Waals surface area contributed by atoms with Gasteiger partial charge in [-0.3, -0.25) is 9.10 Å². The van der Waals surface area contributed by atoms with Crippen LogP contribution in [0.4, 0.5) is 25.8 Å². The highest BCUT2D eigenvalue weighted by Crippen LogP contribution is 2.25. The molecule has 27 heavy (non-hydrogen) atoms. The third-order valence-corrected chi connectivity index (χ3v) is 6.09. The van der Waals surface area contributed by atoms with E-state index >= 15 is 0 Å². The molecule has 6 nitrogen and oxygen atoms in total. The average Bonchev–Trinajstić information content (AvgIpc) is 2.98. The highest BCUT2D eigenvalue weighted by atomic mass is 32.2. The van der Waals surface area contributed by atoms with Crippen molar-refractivity contribution in [2.75, 3.05) is 27.2 Å². The maximum absolute atomic E-state index is 13.2. The van der Waals surface area contributed by atoms with E-state index < -0.39 is 33.6 Å². The van der Waals surface area contributed by atoms with Crippen molar-refractivity contribution in [3.05, 3.63) is 54.1 Å². The van der Waals surface area contributed by atoms with E-state index in [0.717, 1.165) is 12.1 Å². The predicted octanol–water partition coefficient (Wildman–Crippen LogP) is 2.94.